The third-order valence-corrected chi connectivity index (χ3v) is 2.04. The van der Waals surface area contributed by atoms with Crippen LogP contribution >= 0.6 is 0 Å². The summed E-state index contributed by atoms with van der Waals surface area (Å²) in [6.45, 7) is 0. The Labute approximate surface area is 133 Å². The molecule has 21 heavy (non-hydrogen) atoms. The quantitative estimate of drug-likeness (QED) is 0.790. The minimum atomic E-state index is -0.879. The molecule has 0 atom stereocenters. The molecular weight excluding hydrogens is 324 g/mol. The summed E-state index contributed by atoms with van der Waals surface area (Å²) < 4.78 is 0. The van der Waals surface area contributed by atoms with Crippen LogP contribution in [-0.2, 0) is 17.1 Å². The minimum absolute atomic E-state index is 0. The monoisotopic (exact) mass is 339 g/mol. The number of carboxylic acids is 2. The molecule has 0 fully saturated rings. The maximum atomic E-state index is 10.2. The van der Waals surface area contributed by atoms with Gasteiger partial charge in [0.25, 0.3) is 0 Å². The van der Waals surface area contributed by atoms with Gasteiger partial charge in [-0.05, 0) is 24.3 Å². The molecule has 0 heterocycles. The molecule has 0 aromatic heterocycles. The summed E-state index contributed by atoms with van der Waals surface area (Å²) in [5.74, 6) is -1.76. The predicted octanol–water partition coefficient (Wildman–Crippen LogP) is 4.20. The number of carboxylic acid groups (broad SMARTS) is 2. The molecule has 0 spiro atoms. The number of hydrogen-bond donors (Lipinski definition) is 2. The Morgan fingerprint density at radius 2 is 0.857 bits per heavy atom. The van der Waals surface area contributed by atoms with Gasteiger partial charge in [0.15, 0.2) is 0 Å². The van der Waals surface area contributed by atoms with Crippen LogP contribution in [-0.4, -0.2) is 22.2 Å². The number of nitrogens with two attached hydrogens (primary N) is 2. The fourth-order valence-electron chi connectivity index (χ4n) is 1.16. The van der Waals surface area contributed by atoms with Gasteiger partial charge in [-0.25, -0.2) is 9.59 Å². The SMILES string of the molecule is O=C(O)c1ccccc1.O=C(O)c1ccccc1.[Cu+2].[NH2-].[NH2-]. The van der Waals surface area contributed by atoms with E-state index in [1.165, 1.54) is 0 Å². The topological polar surface area (TPSA) is 142 Å². The standard InChI is InChI=1S/2C7H6O2.Cu.2H2N/c2*8-7(9)6-4-2-1-3-5-6;;;/h2*1-5H,(H,8,9);;2*1H2/q;;+2;2*-1. The second-order valence-electron chi connectivity index (χ2n) is 3.34. The Balaban J connectivity index is -0.000000270. The van der Waals surface area contributed by atoms with Gasteiger partial charge in [0.1, 0.15) is 0 Å². The first-order chi connectivity index (χ1) is 8.61. The molecule has 2 aromatic rings. The van der Waals surface area contributed by atoms with Gasteiger partial charge in [-0.3, -0.25) is 0 Å². The van der Waals surface area contributed by atoms with Crippen molar-refractivity contribution in [1.82, 2.24) is 0 Å². The fraction of sp³-hybridized carbons (Fsp3) is 0. The molecule has 1 radical (unpaired) electrons. The van der Waals surface area contributed by atoms with Gasteiger partial charge in [0.2, 0.25) is 0 Å². The molecule has 6 N–H and O–H groups in total. The van der Waals surface area contributed by atoms with Crippen LogP contribution in [0, 0.1) is 0 Å². The van der Waals surface area contributed by atoms with Crippen LogP contribution in [0.3, 0.4) is 0 Å². The second-order valence-corrected chi connectivity index (χ2v) is 3.34. The third-order valence-electron chi connectivity index (χ3n) is 2.04. The molecule has 7 heteroatoms. The van der Waals surface area contributed by atoms with Crippen molar-refractivity contribution in [3.05, 3.63) is 84.1 Å². The molecule has 0 bridgehead atoms. The Morgan fingerprint density at radius 1 is 0.619 bits per heavy atom. The molecule has 2 rings (SSSR count). The van der Waals surface area contributed by atoms with Gasteiger partial charge < -0.3 is 22.5 Å². The second kappa shape index (κ2) is 12.8. The predicted molar refractivity (Wildman–Crippen MR) is 77.4 cm³/mol. The Kier molecular flexibility index (Phi) is 14.6. The fourth-order valence-corrected chi connectivity index (χ4v) is 1.16. The van der Waals surface area contributed by atoms with Crippen LogP contribution in [0.15, 0.2) is 60.7 Å². The molecule has 6 nitrogen and oxygen atoms in total. The van der Waals surface area contributed by atoms with E-state index in [1.807, 2.05) is 0 Å². The Morgan fingerprint density at radius 3 is 1.00 bits per heavy atom. The van der Waals surface area contributed by atoms with E-state index < -0.39 is 11.9 Å². The molecule has 2 aromatic carbocycles. The third kappa shape index (κ3) is 9.37. The van der Waals surface area contributed by atoms with E-state index in [9.17, 15) is 9.59 Å². The van der Waals surface area contributed by atoms with Crippen LogP contribution in [0.5, 0.6) is 0 Å². The van der Waals surface area contributed by atoms with E-state index in [1.54, 1.807) is 60.7 Å². The molecule has 117 valence electrons. The molecule has 0 aliphatic heterocycles. The van der Waals surface area contributed by atoms with E-state index in [0.29, 0.717) is 11.1 Å². The van der Waals surface area contributed by atoms with E-state index in [-0.39, 0.29) is 29.4 Å². The van der Waals surface area contributed by atoms with E-state index in [2.05, 4.69) is 0 Å². The first-order valence-corrected chi connectivity index (χ1v) is 5.18. The van der Waals surface area contributed by atoms with Crippen molar-refractivity contribution in [2.45, 2.75) is 0 Å². The van der Waals surface area contributed by atoms with Crippen LogP contribution < -0.4 is 0 Å². The number of carbonyl (C=O) groups is 2. The summed E-state index contributed by atoms with van der Waals surface area (Å²) >= 11 is 0. The Bertz CT molecular complexity index is 472. The van der Waals surface area contributed by atoms with Gasteiger partial charge in [0, 0.05) is 0 Å². The smallest absolute Gasteiger partial charge is 0.693 e. The van der Waals surface area contributed by atoms with E-state index >= 15 is 0 Å². The molecule has 0 saturated heterocycles. The zero-order valence-corrected chi connectivity index (χ0v) is 11.9. The summed E-state index contributed by atoms with van der Waals surface area (Å²) in [6, 6.07) is 16.6. The number of aromatic carboxylic acids is 2. The molecule has 0 saturated carbocycles. The maximum Gasteiger partial charge on any atom is 2.00 e. The van der Waals surface area contributed by atoms with Crippen molar-refractivity contribution in [3.63, 3.8) is 0 Å². The summed E-state index contributed by atoms with van der Waals surface area (Å²) in [7, 11) is 0. The zero-order chi connectivity index (χ0) is 13.4. The summed E-state index contributed by atoms with van der Waals surface area (Å²) in [6.07, 6.45) is 0. The molecule has 0 unspecified atom stereocenters. The first kappa shape index (κ1) is 23.9. The van der Waals surface area contributed by atoms with Crippen LogP contribution in [0.4, 0.5) is 0 Å². The van der Waals surface area contributed by atoms with Crippen molar-refractivity contribution in [3.8, 4) is 0 Å². The van der Waals surface area contributed by atoms with Crippen molar-refractivity contribution < 1.29 is 36.9 Å². The van der Waals surface area contributed by atoms with Crippen molar-refractivity contribution >= 4 is 11.9 Å². The van der Waals surface area contributed by atoms with Crippen molar-refractivity contribution in [1.29, 1.82) is 0 Å². The van der Waals surface area contributed by atoms with Gasteiger partial charge in [-0.2, -0.15) is 0 Å². The van der Waals surface area contributed by atoms with Crippen LogP contribution in [0.1, 0.15) is 20.7 Å². The van der Waals surface area contributed by atoms with E-state index in [4.69, 9.17) is 10.2 Å². The van der Waals surface area contributed by atoms with Crippen molar-refractivity contribution in [2.75, 3.05) is 0 Å². The molecule has 0 aliphatic rings. The molecule has 0 amide bonds. The van der Waals surface area contributed by atoms with Gasteiger partial charge in [-0.15, -0.1) is 0 Å². The molecular formula is C14H16CuN2O4. The van der Waals surface area contributed by atoms with Crippen molar-refractivity contribution in [2.24, 2.45) is 0 Å². The zero-order valence-electron chi connectivity index (χ0n) is 10.9. The maximum absolute atomic E-state index is 10.2. The average molecular weight is 340 g/mol. The van der Waals surface area contributed by atoms with Gasteiger partial charge in [-0.1, -0.05) is 36.4 Å². The largest absolute Gasteiger partial charge is 2.00 e. The van der Waals surface area contributed by atoms with Gasteiger partial charge in [0.05, 0.1) is 11.1 Å². The van der Waals surface area contributed by atoms with Crippen LogP contribution in [0.2, 0.25) is 0 Å². The number of rotatable bonds is 2. The van der Waals surface area contributed by atoms with Crippen LogP contribution in [0.25, 0.3) is 12.3 Å². The number of benzene rings is 2. The normalized spacial score (nSPS) is 7.62. The average Bonchev–Trinajstić information content (AvgIpc) is 2.41. The van der Waals surface area contributed by atoms with E-state index in [0.717, 1.165) is 0 Å². The van der Waals surface area contributed by atoms with Gasteiger partial charge >= 0.3 is 29.0 Å². The Hall–Kier alpha value is -2.18. The summed E-state index contributed by atoms with van der Waals surface area (Å²) in [4.78, 5) is 20.4. The molecule has 0 aliphatic carbocycles. The first-order valence-electron chi connectivity index (χ1n) is 5.18. The summed E-state index contributed by atoms with van der Waals surface area (Å²) in [5, 5.41) is 16.8. The number of hydrogen-bond acceptors (Lipinski definition) is 2. The minimum Gasteiger partial charge on any atom is -0.693 e. The summed E-state index contributed by atoms with van der Waals surface area (Å²) in [5.41, 5.74) is 0.662.